The van der Waals surface area contributed by atoms with Gasteiger partial charge in [0.15, 0.2) is 5.75 Å². The fourth-order valence-electron chi connectivity index (χ4n) is 2.26. The van der Waals surface area contributed by atoms with Crippen LogP contribution in [-0.2, 0) is 9.59 Å². The second kappa shape index (κ2) is 9.27. The Morgan fingerprint density at radius 1 is 1.12 bits per heavy atom. The Kier molecular flexibility index (Phi) is 6.77. The Balaban J connectivity index is 1.99. The van der Waals surface area contributed by atoms with Crippen molar-refractivity contribution in [3.63, 3.8) is 0 Å². The Morgan fingerprint density at radius 2 is 1.80 bits per heavy atom. The molecule has 0 atom stereocenters. The topological polar surface area (TPSA) is 58.6 Å². The maximum absolute atomic E-state index is 12.2. The van der Waals surface area contributed by atoms with Gasteiger partial charge in [0.2, 0.25) is 11.8 Å². The molecular weight excluding hydrogens is 316 g/mol. The molecule has 0 fully saturated rings. The van der Waals surface area contributed by atoms with Gasteiger partial charge in [-0.05, 0) is 24.3 Å². The minimum atomic E-state index is -0.181. The van der Waals surface area contributed by atoms with Crippen LogP contribution >= 0.6 is 0 Å². The Labute approximate surface area is 147 Å². The third-order valence-electron chi connectivity index (χ3n) is 3.54. The average Bonchev–Trinajstić information content (AvgIpc) is 2.61. The molecule has 2 aromatic carbocycles. The smallest absolute Gasteiger partial charge is 0.226 e. The van der Waals surface area contributed by atoms with Crippen LogP contribution in [-0.4, -0.2) is 29.8 Å². The van der Waals surface area contributed by atoms with Crippen LogP contribution in [0.25, 0.3) is 0 Å². The predicted molar refractivity (Wildman–Crippen MR) is 98.7 cm³/mol. The summed E-state index contributed by atoms with van der Waals surface area (Å²) in [7, 11) is 0. The number of ether oxygens (including phenoxy) is 1. The number of hydrogen-bond acceptors (Lipinski definition) is 3. The summed E-state index contributed by atoms with van der Waals surface area (Å²) in [6.07, 6.45) is 1.84. The van der Waals surface area contributed by atoms with Crippen molar-refractivity contribution in [2.75, 3.05) is 18.4 Å². The summed E-state index contributed by atoms with van der Waals surface area (Å²) in [5.74, 6) is 0.995. The summed E-state index contributed by atoms with van der Waals surface area (Å²) in [6, 6.07) is 16.6. The first-order chi connectivity index (χ1) is 12.1. The Bertz CT molecular complexity index is 729. The molecule has 0 bridgehead atoms. The first-order valence-electron chi connectivity index (χ1n) is 8.08. The van der Waals surface area contributed by atoms with Crippen LogP contribution in [0.2, 0.25) is 0 Å². The van der Waals surface area contributed by atoms with Gasteiger partial charge in [-0.15, -0.1) is 6.58 Å². The lowest BCUT2D eigenvalue weighted by atomic mass is 10.2. The fraction of sp³-hybridized carbons (Fsp3) is 0.200. The lowest BCUT2D eigenvalue weighted by Crippen LogP contribution is -2.32. The van der Waals surface area contributed by atoms with E-state index in [0.717, 1.165) is 0 Å². The van der Waals surface area contributed by atoms with Crippen LogP contribution in [0.4, 0.5) is 5.69 Å². The van der Waals surface area contributed by atoms with Gasteiger partial charge < -0.3 is 15.0 Å². The molecule has 25 heavy (non-hydrogen) atoms. The Hall–Kier alpha value is -3.08. The molecule has 0 aliphatic rings. The Morgan fingerprint density at radius 3 is 2.48 bits per heavy atom. The minimum Gasteiger partial charge on any atom is -0.455 e. The molecule has 0 aromatic heterocycles. The van der Waals surface area contributed by atoms with Gasteiger partial charge in [0.05, 0.1) is 5.69 Å². The highest BCUT2D eigenvalue weighted by Crippen LogP contribution is 2.29. The van der Waals surface area contributed by atoms with Gasteiger partial charge >= 0.3 is 0 Å². The van der Waals surface area contributed by atoms with E-state index in [4.69, 9.17) is 4.74 Å². The van der Waals surface area contributed by atoms with Gasteiger partial charge in [0, 0.05) is 26.4 Å². The van der Waals surface area contributed by atoms with Gasteiger partial charge in [-0.2, -0.15) is 0 Å². The van der Waals surface area contributed by atoms with Crippen molar-refractivity contribution in [1.82, 2.24) is 4.90 Å². The van der Waals surface area contributed by atoms with Crippen LogP contribution < -0.4 is 10.1 Å². The van der Waals surface area contributed by atoms with Crippen LogP contribution in [0.5, 0.6) is 11.5 Å². The van der Waals surface area contributed by atoms with E-state index >= 15 is 0 Å². The van der Waals surface area contributed by atoms with E-state index in [0.29, 0.717) is 30.3 Å². The van der Waals surface area contributed by atoms with Crippen molar-refractivity contribution in [3.05, 3.63) is 67.3 Å². The number of rotatable bonds is 8. The van der Waals surface area contributed by atoms with E-state index in [1.807, 2.05) is 42.5 Å². The van der Waals surface area contributed by atoms with Crippen molar-refractivity contribution in [3.8, 4) is 11.5 Å². The quantitative estimate of drug-likeness (QED) is 0.744. The molecule has 2 amide bonds. The standard InChI is InChI=1S/C20H22N2O3/c1-3-14-22(16(2)23)15-13-20(24)21-18-11-7-8-12-19(18)25-17-9-5-4-6-10-17/h3-12H,1,13-15H2,2H3,(H,21,24). The van der Waals surface area contributed by atoms with Crippen LogP contribution in [0.1, 0.15) is 13.3 Å². The predicted octanol–water partition coefficient (Wildman–Crippen LogP) is 3.84. The highest BCUT2D eigenvalue weighted by Gasteiger charge is 2.12. The van der Waals surface area contributed by atoms with Crippen LogP contribution in [0, 0.1) is 0 Å². The second-order valence-corrected chi connectivity index (χ2v) is 5.46. The van der Waals surface area contributed by atoms with Crippen molar-refractivity contribution in [2.24, 2.45) is 0 Å². The van der Waals surface area contributed by atoms with E-state index in [1.54, 1.807) is 23.1 Å². The number of benzene rings is 2. The molecule has 0 spiro atoms. The summed E-state index contributed by atoms with van der Waals surface area (Å²) in [4.78, 5) is 25.3. The average molecular weight is 338 g/mol. The van der Waals surface area contributed by atoms with E-state index in [9.17, 15) is 9.59 Å². The minimum absolute atomic E-state index is 0.0829. The molecule has 0 aliphatic heterocycles. The number of nitrogens with zero attached hydrogens (tertiary/aromatic N) is 1. The number of para-hydroxylation sites is 3. The zero-order chi connectivity index (χ0) is 18.1. The first-order valence-corrected chi connectivity index (χ1v) is 8.08. The number of amides is 2. The van der Waals surface area contributed by atoms with E-state index in [-0.39, 0.29) is 18.2 Å². The monoisotopic (exact) mass is 338 g/mol. The number of hydrogen-bond donors (Lipinski definition) is 1. The molecule has 0 saturated carbocycles. The summed E-state index contributed by atoms with van der Waals surface area (Å²) in [5.41, 5.74) is 0.592. The van der Waals surface area contributed by atoms with Gasteiger partial charge in [-0.1, -0.05) is 36.4 Å². The van der Waals surface area contributed by atoms with Crippen LogP contribution in [0.3, 0.4) is 0 Å². The summed E-state index contributed by atoms with van der Waals surface area (Å²) >= 11 is 0. The lowest BCUT2D eigenvalue weighted by molar-refractivity contribution is -0.128. The molecular formula is C20H22N2O3. The molecule has 0 unspecified atom stereocenters. The molecule has 0 aliphatic carbocycles. The van der Waals surface area contributed by atoms with E-state index in [1.165, 1.54) is 6.92 Å². The van der Waals surface area contributed by atoms with Crippen molar-refractivity contribution >= 4 is 17.5 Å². The van der Waals surface area contributed by atoms with Crippen molar-refractivity contribution < 1.29 is 14.3 Å². The molecule has 2 aromatic rings. The molecule has 2 rings (SSSR count). The molecule has 1 N–H and O–H groups in total. The molecule has 0 heterocycles. The summed E-state index contributed by atoms with van der Waals surface area (Å²) in [6.45, 7) is 5.86. The number of carbonyl (C=O) groups is 2. The second-order valence-electron chi connectivity index (χ2n) is 5.46. The maximum atomic E-state index is 12.2. The lowest BCUT2D eigenvalue weighted by Gasteiger charge is -2.19. The summed E-state index contributed by atoms with van der Waals surface area (Å²) in [5, 5.41) is 2.84. The fourth-order valence-corrected chi connectivity index (χ4v) is 2.26. The third-order valence-corrected chi connectivity index (χ3v) is 3.54. The maximum Gasteiger partial charge on any atom is 0.226 e. The van der Waals surface area contributed by atoms with Crippen molar-refractivity contribution in [2.45, 2.75) is 13.3 Å². The van der Waals surface area contributed by atoms with E-state index < -0.39 is 0 Å². The van der Waals surface area contributed by atoms with Crippen LogP contribution in [0.15, 0.2) is 67.3 Å². The highest BCUT2D eigenvalue weighted by molar-refractivity contribution is 5.92. The molecule has 0 saturated heterocycles. The molecule has 0 radical (unpaired) electrons. The molecule has 130 valence electrons. The number of nitrogens with one attached hydrogen (secondary N) is 1. The zero-order valence-corrected chi connectivity index (χ0v) is 14.3. The SMILES string of the molecule is C=CCN(CCC(=O)Nc1ccccc1Oc1ccccc1)C(C)=O. The van der Waals surface area contributed by atoms with Gasteiger partial charge in [0.25, 0.3) is 0 Å². The normalized spacial score (nSPS) is 9.96. The highest BCUT2D eigenvalue weighted by atomic mass is 16.5. The summed E-state index contributed by atoms with van der Waals surface area (Å²) < 4.78 is 5.82. The first kappa shape index (κ1) is 18.3. The van der Waals surface area contributed by atoms with Gasteiger partial charge in [-0.25, -0.2) is 0 Å². The van der Waals surface area contributed by atoms with E-state index in [2.05, 4.69) is 11.9 Å². The largest absolute Gasteiger partial charge is 0.455 e. The number of anilines is 1. The molecule has 5 heteroatoms. The third kappa shape index (κ3) is 5.80. The van der Waals surface area contributed by atoms with Gasteiger partial charge in [-0.3, -0.25) is 9.59 Å². The number of carbonyl (C=O) groups excluding carboxylic acids is 2. The molecule has 5 nitrogen and oxygen atoms in total. The van der Waals surface area contributed by atoms with Gasteiger partial charge in [0.1, 0.15) is 5.75 Å². The zero-order valence-electron chi connectivity index (χ0n) is 14.3. The van der Waals surface area contributed by atoms with Crippen molar-refractivity contribution in [1.29, 1.82) is 0 Å².